The van der Waals surface area contributed by atoms with E-state index in [0.717, 1.165) is 55.7 Å². The van der Waals surface area contributed by atoms with Crippen LogP contribution in [0.15, 0.2) is 18.2 Å². The van der Waals surface area contributed by atoms with Crippen LogP contribution in [-0.4, -0.2) is 19.0 Å². The average Bonchev–Trinajstić information content (AvgIpc) is 2.32. The number of nitrogens with zero attached hydrogens (tertiary/aromatic N) is 1. The molecular formula is C15H23N3O. The molecule has 4 heteroatoms. The molecule has 0 bridgehead atoms. The van der Waals surface area contributed by atoms with Crippen molar-refractivity contribution in [1.82, 2.24) is 0 Å². The number of amides is 1. The highest BCUT2D eigenvalue weighted by molar-refractivity contribution is 5.77. The highest BCUT2D eigenvalue weighted by Crippen LogP contribution is 2.25. The summed E-state index contributed by atoms with van der Waals surface area (Å²) >= 11 is 0. The fraction of sp³-hybridized carbons (Fsp3) is 0.533. The van der Waals surface area contributed by atoms with E-state index in [1.54, 1.807) is 0 Å². The first-order valence-corrected chi connectivity index (χ1v) is 6.98. The first kappa shape index (κ1) is 13.7. The van der Waals surface area contributed by atoms with Crippen molar-refractivity contribution in [3.05, 3.63) is 23.8 Å². The maximum Gasteiger partial charge on any atom is 0.222 e. The van der Waals surface area contributed by atoms with E-state index < -0.39 is 0 Å². The molecule has 1 aromatic carbocycles. The Bertz CT molecular complexity index is 459. The molecule has 1 aromatic rings. The number of carbonyl (C=O) groups is 1. The van der Waals surface area contributed by atoms with E-state index in [9.17, 15) is 4.79 Å². The summed E-state index contributed by atoms with van der Waals surface area (Å²) in [5.74, 6) is -0.225. The number of primary amides is 1. The van der Waals surface area contributed by atoms with Crippen molar-refractivity contribution in [3.8, 4) is 0 Å². The Morgan fingerprint density at radius 2 is 2.11 bits per heavy atom. The first-order chi connectivity index (χ1) is 9.08. The van der Waals surface area contributed by atoms with Gasteiger partial charge in [0.1, 0.15) is 0 Å². The molecule has 0 saturated carbocycles. The fourth-order valence-corrected chi connectivity index (χ4v) is 2.64. The Hall–Kier alpha value is -1.71. The molecule has 1 aliphatic heterocycles. The molecule has 2 rings (SSSR count). The van der Waals surface area contributed by atoms with Gasteiger partial charge in [-0.25, -0.2) is 0 Å². The van der Waals surface area contributed by atoms with Crippen molar-refractivity contribution in [3.63, 3.8) is 0 Å². The minimum absolute atomic E-state index is 0.0434. The second kappa shape index (κ2) is 5.95. The Morgan fingerprint density at radius 3 is 2.79 bits per heavy atom. The van der Waals surface area contributed by atoms with Gasteiger partial charge in [0.15, 0.2) is 0 Å². The highest BCUT2D eigenvalue weighted by Gasteiger charge is 2.21. The van der Waals surface area contributed by atoms with Crippen LogP contribution in [0.3, 0.4) is 0 Å². The molecule has 104 valence electrons. The smallest absolute Gasteiger partial charge is 0.222 e. The lowest BCUT2D eigenvalue weighted by molar-refractivity contribution is -0.121. The third kappa shape index (κ3) is 3.40. The number of hydrogen-bond acceptors (Lipinski definition) is 3. The summed E-state index contributed by atoms with van der Waals surface area (Å²) in [5.41, 5.74) is 14.4. The van der Waals surface area contributed by atoms with Crippen LogP contribution < -0.4 is 16.4 Å². The van der Waals surface area contributed by atoms with Gasteiger partial charge in [0.25, 0.3) is 0 Å². The molecule has 19 heavy (non-hydrogen) atoms. The summed E-state index contributed by atoms with van der Waals surface area (Å²) in [4.78, 5) is 13.8. The molecule has 1 atom stereocenters. The van der Waals surface area contributed by atoms with Crippen LogP contribution in [0.1, 0.15) is 31.2 Å². The Balaban J connectivity index is 2.19. The summed E-state index contributed by atoms with van der Waals surface area (Å²) in [5, 5.41) is 0. The number of aryl methyl sites for hydroxylation is 1. The minimum Gasteiger partial charge on any atom is -0.399 e. The number of benzene rings is 1. The second-order valence-electron chi connectivity index (χ2n) is 5.44. The van der Waals surface area contributed by atoms with Crippen LogP contribution in [0.5, 0.6) is 0 Å². The van der Waals surface area contributed by atoms with Crippen molar-refractivity contribution in [1.29, 1.82) is 0 Å². The van der Waals surface area contributed by atoms with Crippen molar-refractivity contribution in [2.75, 3.05) is 23.7 Å². The van der Waals surface area contributed by atoms with Crippen LogP contribution in [0.25, 0.3) is 0 Å². The average molecular weight is 261 g/mol. The number of anilines is 2. The maximum atomic E-state index is 11.5. The second-order valence-corrected chi connectivity index (χ2v) is 5.44. The third-order valence-corrected chi connectivity index (χ3v) is 3.94. The van der Waals surface area contributed by atoms with Gasteiger partial charge in [0, 0.05) is 24.5 Å². The van der Waals surface area contributed by atoms with Gasteiger partial charge in [-0.15, -0.1) is 0 Å². The van der Waals surface area contributed by atoms with Gasteiger partial charge in [0.05, 0.1) is 5.92 Å². The zero-order valence-electron chi connectivity index (χ0n) is 11.6. The van der Waals surface area contributed by atoms with Gasteiger partial charge >= 0.3 is 0 Å². The molecule has 4 N–H and O–H groups in total. The van der Waals surface area contributed by atoms with Crippen molar-refractivity contribution in [2.45, 2.75) is 32.6 Å². The summed E-state index contributed by atoms with van der Waals surface area (Å²) in [6.45, 7) is 3.71. The number of nitrogens with two attached hydrogens (primary N) is 2. The van der Waals surface area contributed by atoms with Gasteiger partial charge in [-0.1, -0.05) is 12.8 Å². The predicted octanol–water partition coefficient (Wildman–Crippen LogP) is 2.06. The quantitative estimate of drug-likeness (QED) is 0.800. The Morgan fingerprint density at radius 1 is 1.32 bits per heavy atom. The van der Waals surface area contributed by atoms with E-state index in [2.05, 4.69) is 11.0 Å². The molecule has 4 nitrogen and oxygen atoms in total. The number of hydrogen-bond donors (Lipinski definition) is 2. The van der Waals surface area contributed by atoms with Crippen molar-refractivity contribution >= 4 is 17.3 Å². The van der Waals surface area contributed by atoms with Gasteiger partial charge in [-0.3, -0.25) is 4.79 Å². The topological polar surface area (TPSA) is 72.3 Å². The molecule has 1 fully saturated rings. The summed E-state index contributed by atoms with van der Waals surface area (Å²) in [7, 11) is 0. The fourth-order valence-electron chi connectivity index (χ4n) is 2.64. The largest absolute Gasteiger partial charge is 0.399 e. The number of rotatable bonds is 2. The SMILES string of the molecule is Cc1cc(N2CCCCCC(C(N)=O)C2)ccc1N. The molecule has 1 saturated heterocycles. The van der Waals surface area contributed by atoms with Gasteiger partial charge in [-0.05, 0) is 43.5 Å². The Labute approximate surface area is 114 Å². The van der Waals surface area contributed by atoms with E-state index >= 15 is 0 Å². The summed E-state index contributed by atoms with van der Waals surface area (Å²) < 4.78 is 0. The molecule has 1 unspecified atom stereocenters. The van der Waals surface area contributed by atoms with Gasteiger partial charge in [0.2, 0.25) is 5.91 Å². The van der Waals surface area contributed by atoms with E-state index in [4.69, 9.17) is 11.5 Å². The molecule has 1 aliphatic rings. The minimum atomic E-state index is -0.181. The van der Waals surface area contributed by atoms with E-state index in [1.165, 1.54) is 0 Å². The third-order valence-electron chi connectivity index (χ3n) is 3.94. The maximum absolute atomic E-state index is 11.5. The predicted molar refractivity (Wildman–Crippen MR) is 79.0 cm³/mol. The molecule has 1 heterocycles. The lowest BCUT2D eigenvalue weighted by Crippen LogP contribution is -2.38. The van der Waals surface area contributed by atoms with Crippen LogP contribution in [0.4, 0.5) is 11.4 Å². The van der Waals surface area contributed by atoms with E-state index in [-0.39, 0.29) is 11.8 Å². The summed E-state index contributed by atoms with van der Waals surface area (Å²) in [6, 6.07) is 6.06. The van der Waals surface area contributed by atoms with E-state index in [0.29, 0.717) is 0 Å². The molecular weight excluding hydrogens is 238 g/mol. The van der Waals surface area contributed by atoms with Gasteiger partial charge in [-0.2, -0.15) is 0 Å². The molecule has 0 spiro atoms. The first-order valence-electron chi connectivity index (χ1n) is 6.98. The zero-order chi connectivity index (χ0) is 13.8. The number of carbonyl (C=O) groups excluding carboxylic acids is 1. The molecule has 0 radical (unpaired) electrons. The monoisotopic (exact) mass is 261 g/mol. The number of nitrogen functional groups attached to an aromatic ring is 1. The Kier molecular flexibility index (Phi) is 4.30. The van der Waals surface area contributed by atoms with Crippen LogP contribution in [-0.2, 0) is 4.79 Å². The van der Waals surface area contributed by atoms with Crippen LogP contribution in [0.2, 0.25) is 0 Å². The van der Waals surface area contributed by atoms with Crippen molar-refractivity contribution in [2.24, 2.45) is 11.7 Å². The molecule has 0 aliphatic carbocycles. The lowest BCUT2D eigenvalue weighted by Gasteiger charge is -2.30. The molecule has 1 amide bonds. The highest BCUT2D eigenvalue weighted by atomic mass is 16.1. The lowest BCUT2D eigenvalue weighted by atomic mass is 9.97. The van der Waals surface area contributed by atoms with Crippen molar-refractivity contribution < 1.29 is 4.79 Å². The van der Waals surface area contributed by atoms with Crippen LogP contribution in [0, 0.1) is 12.8 Å². The van der Waals surface area contributed by atoms with E-state index in [1.807, 2.05) is 19.1 Å². The zero-order valence-corrected chi connectivity index (χ0v) is 11.6. The van der Waals surface area contributed by atoms with Gasteiger partial charge < -0.3 is 16.4 Å². The molecule has 0 aromatic heterocycles. The van der Waals surface area contributed by atoms with Crippen LogP contribution >= 0.6 is 0 Å². The summed E-state index contributed by atoms with van der Waals surface area (Å²) in [6.07, 6.45) is 4.32. The standard InChI is InChI=1S/C15H23N3O/c1-11-9-13(6-7-14(11)16)18-8-4-2-3-5-12(10-18)15(17)19/h6-7,9,12H,2-5,8,10,16H2,1H3,(H2,17,19). The normalized spacial score (nSPS) is 20.7.